The van der Waals surface area contributed by atoms with Crippen molar-refractivity contribution in [1.82, 2.24) is 15.2 Å². The number of likely N-dealkylation sites (tertiary alicyclic amines) is 1. The van der Waals surface area contributed by atoms with E-state index in [9.17, 15) is 0 Å². The fraction of sp³-hybridized carbons (Fsp3) is 0.789. The Bertz CT molecular complexity index is 528. The molecular formula is C19H32N4S. The van der Waals surface area contributed by atoms with Gasteiger partial charge in [-0.05, 0) is 57.8 Å². The molecule has 0 amide bonds. The molecule has 0 radical (unpaired) electrons. The Balaban J connectivity index is 1.50. The summed E-state index contributed by atoms with van der Waals surface area (Å²) in [6.45, 7) is 8.64. The van der Waals surface area contributed by atoms with E-state index in [1.807, 2.05) is 11.3 Å². The zero-order valence-corrected chi connectivity index (χ0v) is 16.1. The minimum atomic E-state index is 0.782. The van der Waals surface area contributed by atoms with Crippen molar-refractivity contribution in [3.8, 4) is 0 Å². The van der Waals surface area contributed by atoms with Crippen molar-refractivity contribution in [3.63, 3.8) is 0 Å². The van der Waals surface area contributed by atoms with Crippen molar-refractivity contribution < 1.29 is 0 Å². The average Bonchev–Trinajstić information content (AvgIpc) is 3.00. The molecule has 5 heteroatoms. The van der Waals surface area contributed by atoms with Crippen LogP contribution >= 0.6 is 11.3 Å². The van der Waals surface area contributed by atoms with Gasteiger partial charge in [0.15, 0.2) is 5.96 Å². The maximum absolute atomic E-state index is 4.88. The third kappa shape index (κ3) is 4.71. The third-order valence-electron chi connectivity index (χ3n) is 4.99. The van der Waals surface area contributed by atoms with Gasteiger partial charge in [-0.1, -0.05) is 6.92 Å². The molecule has 2 aliphatic rings. The predicted octanol–water partition coefficient (Wildman–Crippen LogP) is 3.65. The van der Waals surface area contributed by atoms with E-state index in [1.54, 1.807) is 4.88 Å². The van der Waals surface area contributed by atoms with E-state index in [-0.39, 0.29) is 0 Å². The van der Waals surface area contributed by atoms with Crippen molar-refractivity contribution in [2.45, 2.75) is 65.2 Å². The third-order valence-corrected chi connectivity index (χ3v) is 6.21. The van der Waals surface area contributed by atoms with Gasteiger partial charge in [-0.15, -0.1) is 11.3 Å². The summed E-state index contributed by atoms with van der Waals surface area (Å²) in [5, 5.41) is 4.80. The normalized spacial score (nSPS) is 21.7. The molecule has 1 fully saturated rings. The van der Waals surface area contributed by atoms with Crippen LogP contribution in [0, 0.1) is 5.92 Å². The van der Waals surface area contributed by atoms with Crippen LogP contribution in [0.3, 0.4) is 0 Å². The van der Waals surface area contributed by atoms with Gasteiger partial charge < -0.3 is 10.2 Å². The van der Waals surface area contributed by atoms with Gasteiger partial charge in [-0.25, -0.2) is 4.98 Å². The number of aryl methyl sites for hydroxylation is 3. The minimum absolute atomic E-state index is 0.782. The van der Waals surface area contributed by atoms with Crippen molar-refractivity contribution in [1.29, 1.82) is 0 Å². The number of nitrogens with one attached hydrogen (secondary N) is 1. The zero-order valence-electron chi connectivity index (χ0n) is 15.3. The van der Waals surface area contributed by atoms with Gasteiger partial charge in [0.1, 0.15) is 0 Å². The van der Waals surface area contributed by atoms with Crippen LogP contribution in [0.1, 0.15) is 61.5 Å². The number of thiazole rings is 1. The second-order valence-electron chi connectivity index (χ2n) is 7.22. The number of aromatic nitrogens is 1. The highest BCUT2D eigenvalue weighted by molar-refractivity contribution is 7.11. The maximum Gasteiger partial charge on any atom is 0.193 e. The molecule has 134 valence electrons. The van der Waals surface area contributed by atoms with Crippen molar-refractivity contribution in [2.75, 3.05) is 26.2 Å². The summed E-state index contributed by atoms with van der Waals surface area (Å²) in [4.78, 5) is 13.7. The molecule has 1 unspecified atom stereocenters. The van der Waals surface area contributed by atoms with Crippen LogP contribution in [-0.4, -0.2) is 42.0 Å². The van der Waals surface area contributed by atoms with E-state index in [1.165, 1.54) is 49.2 Å². The Kier molecular flexibility index (Phi) is 6.52. The topological polar surface area (TPSA) is 40.5 Å². The van der Waals surface area contributed by atoms with Crippen molar-refractivity contribution >= 4 is 17.3 Å². The summed E-state index contributed by atoms with van der Waals surface area (Å²) in [5.74, 6) is 1.90. The highest BCUT2D eigenvalue weighted by Gasteiger charge is 2.19. The molecule has 0 bridgehead atoms. The van der Waals surface area contributed by atoms with Crippen molar-refractivity contribution in [3.05, 3.63) is 15.6 Å². The van der Waals surface area contributed by atoms with E-state index < -0.39 is 0 Å². The number of guanidine groups is 1. The van der Waals surface area contributed by atoms with Crippen LogP contribution in [0.25, 0.3) is 0 Å². The number of nitrogens with zero attached hydrogens (tertiary/aromatic N) is 3. The van der Waals surface area contributed by atoms with Gasteiger partial charge in [-0.2, -0.15) is 0 Å². The van der Waals surface area contributed by atoms with Crippen LogP contribution < -0.4 is 5.32 Å². The highest BCUT2D eigenvalue weighted by atomic mass is 32.1. The summed E-state index contributed by atoms with van der Waals surface area (Å²) in [6.07, 6.45) is 9.94. The minimum Gasteiger partial charge on any atom is -0.357 e. The van der Waals surface area contributed by atoms with E-state index >= 15 is 0 Å². The lowest BCUT2D eigenvalue weighted by Crippen LogP contribution is -2.46. The lowest BCUT2D eigenvalue weighted by Gasteiger charge is -2.33. The molecule has 1 aromatic rings. The number of fused-ring (bicyclic) bond motifs is 1. The molecule has 1 aliphatic heterocycles. The fourth-order valence-corrected chi connectivity index (χ4v) is 4.93. The van der Waals surface area contributed by atoms with E-state index in [4.69, 9.17) is 9.98 Å². The summed E-state index contributed by atoms with van der Waals surface area (Å²) < 4.78 is 0. The maximum atomic E-state index is 4.88. The van der Waals surface area contributed by atoms with Gasteiger partial charge >= 0.3 is 0 Å². The number of hydrogen-bond acceptors (Lipinski definition) is 3. The lowest BCUT2D eigenvalue weighted by molar-refractivity contribution is 0.266. The first-order valence-electron chi connectivity index (χ1n) is 9.77. The van der Waals surface area contributed by atoms with Crippen LogP contribution in [0.5, 0.6) is 0 Å². The Morgan fingerprint density at radius 1 is 1.33 bits per heavy atom. The number of hydrogen-bond donors (Lipinski definition) is 1. The van der Waals surface area contributed by atoms with E-state index in [0.29, 0.717) is 0 Å². The highest BCUT2D eigenvalue weighted by Crippen LogP contribution is 2.27. The second-order valence-corrected chi connectivity index (χ2v) is 8.39. The first-order valence-corrected chi connectivity index (χ1v) is 10.6. The molecule has 3 rings (SSSR count). The van der Waals surface area contributed by atoms with Gasteiger partial charge in [0, 0.05) is 37.5 Å². The van der Waals surface area contributed by atoms with Gasteiger partial charge in [0.2, 0.25) is 0 Å². The molecule has 0 aromatic carbocycles. The molecule has 1 saturated heterocycles. The molecule has 1 N–H and O–H groups in total. The molecule has 4 nitrogen and oxygen atoms in total. The number of piperidine rings is 1. The first kappa shape index (κ1) is 17.7. The lowest BCUT2D eigenvalue weighted by atomic mass is 10.0. The van der Waals surface area contributed by atoms with Crippen LogP contribution in [-0.2, 0) is 19.3 Å². The molecule has 0 saturated carbocycles. The molecule has 0 spiro atoms. The molecule has 24 heavy (non-hydrogen) atoms. The standard InChI is InChI=1S/C19H32N4S/c1-3-20-19(23-13-7-8-15(2)14-23)21-12-6-11-18-22-16-9-4-5-10-17(16)24-18/h15H,3-14H2,1-2H3,(H,20,21). The predicted molar refractivity (Wildman–Crippen MR) is 103 cm³/mol. The van der Waals surface area contributed by atoms with E-state index in [0.717, 1.165) is 50.9 Å². The summed E-state index contributed by atoms with van der Waals surface area (Å²) in [5.41, 5.74) is 1.39. The monoisotopic (exact) mass is 348 g/mol. The number of aliphatic imine (C=N–C) groups is 1. The Labute approximate surface area is 150 Å². The largest absolute Gasteiger partial charge is 0.357 e. The second kappa shape index (κ2) is 8.84. The van der Waals surface area contributed by atoms with Crippen LogP contribution in [0.4, 0.5) is 0 Å². The van der Waals surface area contributed by atoms with Crippen molar-refractivity contribution in [2.24, 2.45) is 10.9 Å². The Morgan fingerprint density at radius 3 is 3.00 bits per heavy atom. The van der Waals surface area contributed by atoms with Gasteiger partial charge in [0.25, 0.3) is 0 Å². The molecule has 1 aliphatic carbocycles. The average molecular weight is 349 g/mol. The van der Waals surface area contributed by atoms with Crippen LogP contribution in [0.2, 0.25) is 0 Å². The first-order chi connectivity index (χ1) is 11.8. The van der Waals surface area contributed by atoms with Gasteiger partial charge in [0.05, 0.1) is 10.7 Å². The smallest absolute Gasteiger partial charge is 0.193 e. The SMILES string of the molecule is CCNC(=NCCCc1nc2c(s1)CCCC2)N1CCCC(C)C1. The molecular weight excluding hydrogens is 316 g/mol. The summed E-state index contributed by atoms with van der Waals surface area (Å²) in [7, 11) is 0. The fourth-order valence-electron chi connectivity index (χ4n) is 3.74. The van der Waals surface area contributed by atoms with E-state index in [2.05, 4.69) is 24.1 Å². The Hall–Kier alpha value is -1.10. The zero-order chi connectivity index (χ0) is 16.8. The molecule has 2 heterocycles. The summed E-state index contributed by atoms with van der Waals surface area (Å²) in [6, 6.07) is 0. The Morgan fingerprint density at radius 2 is 2.21 bits per heavy atom. The molecule has 1 atom stereocenters. The number of rotatable bonds is 5. The van der Waals surface area contributed by atoms with Gasteiger partial charge in [-0.3, -0.25) is 4.99 Å². The molecule has 1 aromatic heterocycles. The summed E-state index contributed by atoms with van der Waals surface area (Å²) >= 11 is 1.95. The van der Waals surface area contributed by atoms with Crippen LogP contribution in [0.15, 0.2) is 4.99 Å². The quantitative estimate of drug-likeness (QED) is 0.502.